The Kier molecular flexibility index (Phi) is 6.87. The van der Waals surface area contributed by atoms with Gasteiger partial charge in [-0.05, 0) is 53.8 Å². The van der Waals surface area contributed by atoms with E-state index in [4.69, 9.17) is 9.84 Å². The first-order valence-electron chi connectivity index (χ1n) is 11.5. The summed E-state index contributed by atoms with van der Waals surface area (Å²) in [6.45, 7) is 4.04. The van der Waals surface area contributed by atoms with Crippen molar-refractivity contribution < 1.29 is 24.2 Å². The summed E-state index contributed by atoms with van der Waals surface area (Å²) in [7, 11) is 0. The summed E-state index contributed by atoms with van der Waals surface area (Å²) >= 11 is 0. The fourth-order valence-electron chi connectivity index (χ4n) is 4.21. The van der Waals surface area contributed by atoms with Crippen LogP contribution in [0.4, 0.5) is 4.79 Å². The van der Waals surface area contributed by atoms with E-state index < -0.39 is 17.5 Å². The van der Waals surface area contributed by atoms with Crippen LogP contribution < -0.4 is 10.6 Å². The van der Waals surface area contributed by atoms with Crippen molar-refractivity contribution in [3.05, 3.63) is 95.1 Å². The standard InChI is InChI=1S/C28H28N2O5/c1-28(2,26(33)29-15-18-11-13-19(14-12-18)25(31)32)17-30-27(34)35-16-24-22-9-5-3-7-20(22)21-8-4-6-10-23(21)24/h3-14,24H,15-17H2,1-2H3,(H,29,33)(H,30,34)(H,31,32). The van der Waals surface area contributed by atoms with Crippen LogP contribution in [0, 0.1) is 5.41 Å². The molecule has 2 amide bonds. The van der Waals surface area contributed by atoms with E-state index in [0.717, 1.165) is 27.8 Å². The highest BCUT2D eigenvalue weighted by Gasteiger charge is 2.30. The predicted octanol–water partition coefficient (Wildman–Crippen LogP) is 4.57. The van der Waals surface area contributed by atoms with Crippen molar-refractivity contribution in [2.75, 3.05) is 13.2 Å². The highest BCUT2D eigenvalue weighted by Crippen LogP contribution is 2.44. The maximum atomic E-state index is 12.7. The lowest BCUT2D eigenvalue weighted by atomic mass is 9.92. The van der Waals surface area contributed by atoms with E-state index in [1.807, 2.05) is 24.3 Å². The summed E-state index contributed by atoms with van der Waals surface area (Å²) < 4.78 is 5.54. The third-order valence-electron chi connectivity index (χ3n) is 6.29. The molecule has 0 fully saturated rings. The van der Waals surface area contributed by atoms with Gasteiger partial charge in [-0.25, -0.2) is 9.59 Å². The summed E-state index contributed by atoms with van der Waals surface area (Å²) in [6, 6.07) is 22.6. The summed E-state index contributed by atoms with van der Waals surface area (Å²) in [5.41, 5.74) is 4.69. The van der Waals surface area contributed by atoms with E-state index in [-0.39, 0.29) is 37.1 Å². The van der Waals surface area contributed by atoms with Gasteiger partial charge in [0.15, 0.2) is 0 Å². The Balaban J connectivity index is 1.28. The highest BCUT2D eigenvalue weighted by atomic mass is 16.5. The van der Waals surface area contributed by atoms with E-state index in [2.05, 4.69) is 34.9 Å². The van der Waals surface area contributed by atoms with E-state index in [9.17, 15) is 14.4 Å². The molecule has 0 spiro atoms. The molecule has 35 heavy (non-hydrogen) atoms. The quantitative estimate of drug-likeness (QED) is 0.446. The van der Waals surface area contributed by atoms with Crippen LogP contribution >= 0.6 is 0 Å². The van der Waals surface area contributed by atoms with Gasteiger partial charge in [0.05, 0.1) is 11.0 Å². The van der Waals surface area contributed by atoms with Crippen LogP contribution in [0.25, 0.3) is 11.1 Å². The summed E-state index contributed by atoms with van der Waals surface area (Å²) in [5, 5.41) is 14.5. The monoisotopic (exact) mass is 472 g/mol. The van der Waals surface area contributed by atoms with Gasteiger partial charge in [-0.3, -0.25) is 4.79 Å². The first kappa shape index (κ1) is 24.0. The van der Waals surface area contributed by atoms with Crippen LogP contribution in [-0.4, -0.2) is 36.2 Å². The second-order valence-corrected chi connectivity index (χ2v) is 9.25. The molecule has 0 aromatic heterocycles. The second kappa shape index (κ2) is 10.0. The number of aromatic carboxylic acids is 1. The van der Waals surface area contributed by atoms with Gasteiger partial charge >= 0.3 is 12.1 Å². The Morgan fingerprint density at radius 1 is 0.857 bits per heavy atom. The number of ether oxygens (including phenoxy) is 1. The molecule has 1 aliphatic rings. The lowest BCUT2D eigenvalue weighted by molar-refractivity contribution is -0.129. The van der Waals surface area contributed by atoms with Gasteiger partial charge < -0.3 is 20.5 Å². The Labute approximate surface area is 204 Å². The molecule has 0 aliphatic heterocycles. The van der Waals surface area contributed by atoms with Crippen molar-refractivity contribution in [3.63, 3.8) is 0 Å². The molecule has 3 N–H and O–H groups in total. The van der Waals surface area contributed by atoms with Gasteiger partial charge in [-0.1, -0.05) is 60.7 Å². The minimum Gasteiger partial charge on any atom is -0.478 e. The van der Waals surface area contributed by atoms with Crippen molar-refractivity contribution in [1.29, 1.82) is 0 Å². The maximum absolute atomic E-state index is 12.7. The topological polar surface area (TPSA) is 105 Å². The number of benzene rings is 3. The average Bonchev–Trinajstić information content (AvgIpc) is 3.18. The van der Waals surface area contributed by atoms with Gasteiger partial charge in [0, 0.05) is 19.0 Å². The molecule has 0 bridgehead atoms. The van der Waals surface area contributed by atoms with Crippen LogP contribution in [-0.2, 0) is 16.1 Å². The highest BCUT2D eigenvalue weighted by molar-refractivity contribution is 5.87. The van der Waals surface area contributed by atoms with Gasteiger partial charge in [-0.15, -0.1) is 0 Å². The van der Waals surface area contributed by atoms with E-state index >= 15 is 0 Å². The fraction of sp³-hybridized carbons (Fsp3) is 0.250. The summed E-state index contributed by atoms with van der Waals surface area (Å²) in [5.74, 6) is -1.27. The molecular formula is C28H28N2O5. The van der Waals surface area contributed by atoms with Gasteiger partial charge in [0.1, 0.15) is 6.61 Å². The van der Waals surface area contributed by atoms with Crippen molar-refractivity contribution >= 4 is 18.0 Å². The Morgan fingerprint density at radius 3 is 2.00 bits per heavy atom. The Hall–Kier alpha value is -4.13. The van der Waals surface area contributed by atoms with Crippen molar-refractivity contribution in [1.82, 2.24) is 10.6 Å². The van der Waals surface area contributed by atoms with E-state index in [1.165, 1.54) is 12.1 Å². The fourth-order valence-corrected chi connectivity index (χ4v) is 4.21. The van der Waals surface area contributed by atoms with E-state index in [0.29, 0.717) is 0 Å². The number of fused-ring (bicyclic) bond motifs is 3. The lowest BCUT2D eigenvalue weighted by Crippen LogP contribution is -2.44. The smallest absolute Gasteiger partial charge is 0.407 e. The zero-order valence-corrected chi connectivity index (χ0v) is 19.7. The molecule has 180 valence electrons. The van der Waals surface area contributed by atoms with Crippen LogP contribution in [0.2, 0.25) is 0 Å². The second-order valence-electron chi connectivity index (χ2n) is 9.25. The summed E-state index contributed by atoms with van der Waals surface area (Å²) in [4.78, 5) is 36.1. The number of alkyl carbamates (subject to hydrolysis) is 1. The minimum absolute atomic E-state index is 0.0306. The summed E-state index contributed by atoms with van der Waals surface area (Å²) in [6.07, 6.45) is -0.572. The maximum Gasteiger partial charge on any atom is 0.407 e. The van der Waals surface area contributed by atoms with Gasteiger partial charge in [0.25, 0.3) is 0 Å². The number of rotatable bonds is 8. The van der Waals surface area contributed by atoms with Crippen molar-refractivity contribution in [2.45, 2.75) is 26.3 Å². The largest absolute Gasteiger partial charge is 0.478 e. The minimum atomic E-state index is -0.999. The number of carboxylic acids is 1. The molecular weight excluding hydrogens is 444 g/mol. The van der Waals surface area contributed by atoms with E-state index in [1.54, 1.807) is 26.0 Å². The number of carbonyl (C=O) groups is 3. The predicted molar refractivity (Wildman–Crippen MR) is 132 cm³/mol. The first-order valence-corrected chi connectivity index (χ1v) is 11.5. The molecule has 1 aliphatic carbocycles. The third-order valence-corrected chi connectivity index (χ3v) is 6.29. The van der Waals surface area contributed by atoms with Crippen LogP contribution in [0.1, 0.15) is 46.8 Å². The number of carbonyl (C=O) groups excluding carboxylic acids is 2. The van der Waals surface area contributed by atoms with Crippen molar-refractivity contribution in [3.8, 4) is 11.1 Å². The molecule has 0 unspecified atom stereocenters. The lowest BCUT2D eigenvalue weighted by Gasteiger charge is -2.24. The van der Waals surface area contributed by atoms with Gasteiger partial charge in [-0.2, -0.15) is 0 Å². The Morgan fingerprint density at radius 2 is 1.43 bits per heavy atom. The zero-order chi connectivity index (χ0) is 25.0. The molecule has 0 radical (unpaired) electrons. The molecule has 0 atom stereocenters. The molecule has 3 aromatic carbocycles. The number of nitrogens with one attached hydrogen (secondary N) is 2. The zero-order valence-electron chi connectivity index (χ0n) is 19.7. The van der Waals surface area contributed by atoms with Crippen LogP contribution in [0.3, 0.4) is 0 Å². The molecule has 0 saturated heterocycles. The average molecular weight is 473 g/mol. The van der Waals surface area contributed by atoms with Crippen LogP contribution in [0.5, 0.6) is 0 Å². The number of carboxylic acid groups (broad SMARTS) is 1. The first-order chi connectivity index (χ1) is 16.8. The van der Waals surface area contributed by atoms with Crippen LogP contribution in [0.15, 0.2) is 72.8 Å². The number of hydrogen-bond donors (Lipinski definition) is 3. The molecule has 4 rings (SSSR count). The number of hydrogen-bond acceptors (Lipinski definition) is 4. The normalized spacial score (nSPS) is 12.4. The SMILES string of the molecule is CC(C)(CNC(=O)OCC1c2ccccc2-c2ccccc21)C(=O)NCc1ccc(C(=O)O)cc1. The Bertz CT molecular complexity index is 1200. The molecule has 0 heterocycles. The molecule has 7 heteroatoms. The van der Waals surface area contributed by atoms with Crippen molar-refractivity contribution in [2.24, 2.45) is 5.41 Å². The number of amides is 2. The molecule has 0 saturated carbocycles. The van der Waals surface area contributed by atoms with Gasteiger partial charge in [0.2, 0.25) is 5.91 Å². The molecule has 3 aromatic rings. The third kappa shape index (κ3) is 5.35. The molecule has 7 nitrogen and oxygen atoms in total.